The Kier molecular flexibility index (Phi) is 7.58. The highest BCUT2D eigenvalue weighted by Gasteiger charge is 1.93. The summed E-state index contributed by atoms with van der Waals surface area (Å²) in [7, 11) is -3.66. The van der Waals surface area contributed by atoms with Gasteiger partial charge in [0, 0.05) is 12.2 Å². The lowest BCUT2D eigenvalue weighted by Crippen LogP contribution is -1.97. The molecule has 0 aromatic carbocycles. The summed E-state index contributed by atoms with van der Waals surface area (Å²) in [5.41, 5.74) is 0. The second kappa shape index (κ2) is 7.04. The lowest BCUT2D eigenvalue weighted by atomic mass is 10.5. The molecule has 8 heteroatoms. The van der Waals surface area contributed by atoms with Crippen LogP contribution in [0.4, 0.5) is 0 Å². The van der Waals surface area contributed by atoms with Crippen LogP contribution in [0.2, 0.25) is 0 Å². The van der Waals surface area contributed by atoms with Gasteiger partial charge in [-0.2, -0.15) is 8.42 Å². The first-order valence-corrected chi connectivity index (χ1v) is 4.89. The normalized spacial score (nSPS) is 10.4. The molecule has 14 heavy (non-hydrogen) atoms. The molecule has 82 valence electrons. The third-order valence-electron chi connectivity index (χ3n) is 0.733. The molecule has 0 aromatic heterocycles. The van der Waals surface area contributed by atoms with E-state index in [-0.39, 0.29) is 5.75 Å². The highest BCUT2D eigenvalue weighted by Crippen LogP contribution is 1.74. The number of carbonyl (C=O) groups is 2. The van der Waals surface area contributed by atoms with Crippen LogP contribution in [-0.2, 0) is 19.7 Å². The Morgan fingerprint density at radius 1 is 1.14 bits per heavy atom. The maximum absolute atomic E-state index is 9.56. The maximum atomic E-state index is 9.56. The number of carboxylic acids is 2. The van der Waals surface area contributed by atoms with Crippen LogP contribution in [0.3, 0.4) is 0 Å². The van der Waals surface area contributed by atoms with Gasteiger partial charge in [0.05, 0.1) is 5.75 Å². The summed E-state index contributed by atoms with van der Waals surface area (Å²) in [6, 6.07) is 0. The fourth-order valence-corrected chi connectivity index (χ4v) is 0.143. The maximum Gasteiger partial charge on any atom is 0.328 e. The largest absolute Gasteiger partial charge is 0.478 e. The van der Waals surface area contributed by atoms with Crippen molar-refractivity contribution >= 4 is 22.1 Å². The Morgan fingerprint density at radius 2 is 1.36 bits per heavy atom. The Balaban J connectivity index is 0. The molecule has 0 saturated carbocycles. The highest BCUT2D eigenvalue weighted by molar-refractivity contribution is 7.85. The quantitative estimate of drug-likeness (QED) is 0.441. The minimum atomic E-state index is -3.66. The Labute approximate surface area is 80.4 Å². The molecule has 7 nitrogen and oxygen atoms in total. The van der Waals surface area contributed by atoms with Crippen molar-refractivity contribution in [3.8, 4) is 0 Å². The van der Waals surface area contributed by atoms with E-state index >= 15 is 0 Å². The topological polar surface area (TPSA) is 129 Å². The van der Waals surface area contributed by atoms with Crippen molar-refractivity contribution in [1.82, 2.24) is 0 Å². The van der Waals surface area contributed by atoms with E-state index in [1.165, 1.54) is 6.92 Å². The van der Waals surface area contributed by atoms with Crippen molar-refractivity contribution < 1.29 is 32.8 Å². The van der Waals surface area contributed by atoms with Gasteiger partial charge in [0.15, 0.2) is 0 Å². The Bertz CT molecular complexity index is 297. The van der Waals surface area contributed by atoms with Crippen LogP contribution < -0.4 is 0 Å². The van der Waals surface area contributed by atoms with E-state index < -0.39 is 22.1 Å². The predicted octanol–water partition coefficient (Wildman–Crippen LogP) is -0.394. The third kappa shape index (κ3) is 22.4. The summed E-state index contributed by atoms with van der Waals surface area (Å²) in [6.45, 7) is 1.37. The number of aliphatic carboxylic acids is 2. The van der Waals surface area contributed by atoms with E-state index in [0.29, 0.717) is 12.2 Å². The van der Waals surface area contributed by atoms with Gasteiger partial charge in [-0.25, -0.2) is 9.59 Å². The molecule has 0 heterocycles. The van der Waals surface area contributed by atoms with Crippen LogP contribution in [-0.4, -0.2) is 40.9 Å². The molecule has 0 spiro atoms. The van der Waals surface area contributed by atoms with Crippen LogP contribution in [0.25, 0.3) is 0 Å². The van der Waals surface area contributed by atoms with E-state index in [1.54, 1.807) is 0 Å². The van der Waals surface area contributed by atoms with Gasteiger partial charge in [-0.1, -0.05) is 0 Å². The molecule has 0 rings (SSSR count). The molecule has 0 saturated heterocycles. The van der Waals surface area contributed by atoms with E-state index in [4.69, 9.17) is 14.8 Å². The summed E-state index contributed by atoms with van der Waals surface area (Å²) >= 11 is 0. The van der Waals surface area contributed by atoms with Crippen LogP contribution in [0.1, 0.15) is 6.92 Å². The summed E-state index contributed by atoms with van der Waals surface area (Å²) in [5.74, 6) is -2.72. The first-order valence-electron chi connectivity index (χ1n) is 3.28. The molecular weight excluding hydrogens is 216 g/mol. The molecular formula is C6H10O7S. The average Bonchev–Trinajstić information content (AvgIpc) is 2.01. The van der Waals surface area contributed by atoms with Gasteiger partial charge in [0.1, 0.15) is 0 Å². The average molecular weight is 226 g/mol. The molecule has 0 unspecified atom stereocenters. The van der Waals surface area contributed by atoms with Crippen molar-refractivity contribution in [3.63, 3.8) is 0 Å². The zero-order chi connectivity index (χ0) is 11.8. The standard InChI is InChI=1S/C4H4O4.C2H6O3S/c5-3(6)1-2-4(7)8;1-2-6(3,4)5/h1-2H,(H,5,6)(H,7,8);2H2,1H3,(H,3,4,5). The van der Waals surface area contributed by atoms with Gasteiger partial charge in [-0.05, 0) is 6.92 Å². The molecule has 0 fully saturated rings. The van der Waals surface area contributed by atoms with Crippen molar-refractivity contribution in [1.29, 1.82) is 0 Å². The Hall–Kier alpha value is -1.41. The first-order chi connectivity index (χ1) is 6.19. The second-order valence-electron chi connectivity index (χ2n) is 1.88. The lowest BCUT2D eigenvalue weighted by molar-refractivity contribution is -0.134. The molecule has 0 radical (unpaired) electrons. The van der Waals surface area contributed by atoms with Gasteiger partial charge in [0.2, 0.25) is 0 Å². The van der Waals surface area contributed by atoms with Crippen molar-refractivity contribution in [2.45, 2.75) is 6.92 Å². The lowest BCUT2D eigenvalue weighted by Gasteiger charge is -1.79. The Morgan fingerprint density at radius 3 is 1.43 bits per heavy atom. The van der Waals surface area contributed by atoms with Gasteiger partial charge in [0.25, 0.3) is 10.1 Å². The molecule has 0 aliphatic rings. The van der Waals surface area contributed by atoms with E-state index in [9.17, 15) is 18.0 Å². The predicted molar refractivity (Wildman–Crippen MR) is 46.5 cm³/mol. The fraction of sp³-hybridized carbons (Fsp3) is 0.333. The number of hydrogen-bond acceptors (Lipinski definition) is 4. The highest BCUT2D eigenvalue weighted by atomic mass is 32.2. The third-order valence-corrected chi connectivity index (χ3v) is 1.46. The van der Waals surface area contributed by atoms with Crippen LogP contribution >= 0.6 is 0 Å². The van der Waals surface area contributed by atoms with Gasteiger partial charge < -0.3 is 10.2 Å². The number of rotatable bonds is 3. The second-order valence-corrected chi connectivity index (χ2v) is 3.62. The fourth-order valence-electron chi connectivity index (χ4n) is 0.143. The number of hydrogen-bond donors (Lipinski definition) is 3. The molecule has 0 aromatic rings. The van der Waals surface area contributed by atoms with Crippen LogP contribution in [0.5, 0.6) is 0 Å². The van der Waals surface area contributed by atoms with E-state index in [2.05, 4.69) is 0 Å². The van der Waals surface area contributed by atoms with Crippen molar-refractivity contribution in [2.75, 3.05) is 5.75 Å². The van der Waals surface area contributed by atoms with Gasteiger partial charge >= 0.3 is 11.9 Å². The molecule has 0 amide bonds. The molecule has 3 N–H and O–H groups in total. The summed E-state index contributed by atoms with van der Waals surface area (Å²) < 4.78 is 26.9. The molecule has 0 aliphatic carbocycles. The first kappa shape index (κ1) is 15.1. The number of carboxylic acid groups (broad SMARTS) is 2. The minimum Gasteiger partial charge on any atom is -0.478 e. The van der Waals surface area contributed by atoms with Crippen LogP contribution in [0, 0.1) is 0 Å². The molecule has 0 bridgehead atoms. The van der Waals surface area contributed by atoms with E-state index in [1.807, 2.05) is 0 Å². The van der Waals surface area contributed by atoms with Gasteiger partial charge in [-0.15, -0.1) is 0 Å². The zero-order valence-electron chi connectivity index (χ0n) is 7.24. The summed E-state index contributed by atoms with van der Waals surface area (Å²) in [4.78, 5) is 19.1. The summed E-state index contributed by atoms with van der Waals surface area (Å²) in [6.07, 6.45) is 1.12. The molecule has 0 aliphatic heterocycles. The van der Waals surface area contributed by atoms with Crippen LogP contribution in [0.15, 0.2) is 12.2 Å². The molecule has 0 atom stereocenters. The monoisotopic (exact) mass is 226 g/mol. The van der Waals surface area contributed by atoms with E-state index in [0.717, 1.165) is 0 Å². The van der Waals surface area contributed by atoms with Crippen molar-refractivity contribution in [2.24, 2.45) is 0 Å². The smallest absolute Gasteiger partial charge is 0.328 e. The van der Waals surface area contributed by atoms with Crippen molar-refractivity contribution in [3.05, 3.63) is 12.2 Å². The summed E-state index contributed by atoms with van der Waals surface area (Å²) in [5, 5.41) is 15.6. The van der Waals surface area contributed by atoms with Gasteiger partial charge in [-0.3, -0.25) is 4.55 Å². The minimum absolute atomic E-state index is 0.201. The SMILES string of the molecule is CCS(=O)(=O)O.O=C(O)C=CC(=O)O. The zero-order valence-corrected chi connectivity index (χ0v) is 8.06.